The molecule has 0 radical (unpaired) electrons. The van der Waals surface area contributed by atoms with E-state index >= 15 is 0 Å². The van der Waals surface area contributed by atoms with Gasteiger partial charge >= 0.3 is 12.2 Å². The van der Waals surface area contributed by atoms with Gasteiger partial charge in [-0.1, -0.05) is 25.7 Å². The number of hydrogen-bond acceptors (Lipinski definition) is 8. The topological polar surface area (TPSA) is 136 Å². The largest absolute Gasteiger partial charge is 0.444 e. The number of amides is 2. The summed E-state index contributed by atoms with van der Waals surface area (Å²) >= 11 is 0. The maximum atomic E-state index is 11.6. The van der Waals surface area contributed by atoms with Crippen LogP contribution in [0.1, 0.15) is 106 Å². The van der Waals surface area contributed by atoms with Crippen molar-refractivity contribution in [3.8, 4) is 0 Å². The first kappa shape index (κ1) is 32.4. The van der Waals surface area contributed by atoms with Gasteiger partial charge in [0, 0.05) is 12.1 Å². The Morgan fingerprint density at radius 3 is 1.36 bits per heavy atom. The molecule has 2 rings (SSSR count). The molecule has 0 saturated heterocycles. The Hall–Kier alpha value is -1.62. The van der Waals surface area contributed by atoms with Gasteiger partial charge in [-0.2, -0.15) is 0 Å². The van der Waals surface area contributed by atoms with Crippen LogP contribution in [0.4, 0.5) is 9.59 Å². The lowest BCUT2D eigenvalue weighted by Gasteiger charge is -2.30. The zero-order valence-corrected chi connectivity index (χ0v) is 23.1. The van der Waals surface area contributed by atoms with Crippen molar-refractivity contribution in [1.82, 2.24) is 10.6 Å². The fourth-order valence-corrected chi connectivity index (χ4v) is 4.76. The fraction of sp³-hybridized carbons (Fsp3) is 0.923. The van der Waals surface area contributed by atoms with Crippen molar-refractivity contribution in [3.05, 3.63) is 0 Å². The van der Waals surface area contributed by atoms with Crippen molar-refractivity contribution in [2.45, 2.75) is 129 Å². The maximum Gasteiger partial charge on any atom is 0.407 e. The Kier molecular flexibility index (Phi) is 14.6. The molecule has 0 aliphatic heterocycles. The van der Waals surface area contributed by atoms with Crippen LogP contribution in [0.5, 0.6) is 0 Å². The molecule has 2 aliphatic carbocycles. The van der Waals surface area contributed by atoms with Gasteiger partial charge in [-0.05, 0) is 91.9 Å². The highest BCUT2D eigenvalue weighted by Gasteiger charge is 2.26. The van der Waals surface area contributed by atoms with Crippen LogP contribution in [0, 0.1) is 11.8 Å². The zero-order valence-electron chi connectivity index (χ0n) is 23.1. The average molecular weight is 519 g/mol. The molecule has 0 spiro atoms. The second-order valence-electron chi connectivity index (χ2n) is 12.0. The molecule has 0 aromatic rings. The van der Waals surface area contributed by atoms with Crippen molar-refractivity contribution < 1.29 is 39.4 Å². The molecule has 212 valence electrons. The smallest absolute Gasteiger partial charge is 0.407 e. The standard InChI is InChI=1S/2C13H25NO4/c2*1-13(2,3)18-12(15)14-11-6-4-5-10(9-11)7-8-17-16/h2*10-11,16H,4-9H2,1-3H3,(H,14,15). The lowest BCUT2D eigenvalue weighted by molar-refractivity contribution is -0.244. The summed E-state index contributed by atoms with van der Waals surface area (Å²) in [5.74, 6) is 1.01. The minimum atomic E-state index is -0.455. The van der Waals surface area contributed by atoms with Crippen LogP contribution in [0.15, 0.2) is 0 Å². The maximum absolute atomic E-state index is 11.6. The molecule has 4 unspecified atom stereocenters. The predicted octanol–water partition coefficient (Wildman–Crippen LogP) is 5.90. The Bertz CT molecular complexity index is 578. The Labute approximate surface area is 216 Å². The minimum Gasteiger partial charge on any atom is -0.444 e. The first-order chi connectivity index (χ1) is 16.8. The van der Waals surface area contributed by atoms with Gasteiger partial charge in [0.2, 0.25) is 0 Å². The third kappa shape index (κ3) is 16.2. The van der Waals surface area contributed by atoms with Gasteiger partial charge in [-0.25, -0.2) is 19.4 Å². The molecule has 0 heterocycles. The molecule has 2 saturated carbocycles. The Balaban J connectivity index is 0.000000360. The first-order valence-corrected chi connectivity index (χ1v) is 13.3. The van der Waals surface area contributed by atoms with E-state index in [0.717, 1.165) is 64.2 Å². The van der Waals surface area contributed by atoms with E-state index in [4.69, 9.17) is 20.0 Å². The van der Waals surface area contributed by atoms with Crippen LogP contribution in [0.3, 0.4) is 0 Å². The van der Waals surface area contributed by atoms with Gasteiger partial charge in [0.15, 0.2) is 0 Å². The molecular weight excluding hydrogens is 468 g/mol. The number of ether oxygens (including phenoxy) is 2. The summed E-state index contributed by atoms with van der Waals surface area (Å²) in [5.41, 5.74) is -0.911. The molecule has 2 amide bonds. The summed E-state index contributed by atoms with van der Waals surface area (Å²) in [6.07, 6.45) is 9.31. The summed E-state index contributed by atoms with van der Waals surface area (Å²) in [7, 11) is 0. The van der Waals surface area contributed by atoms with E-state index in [0.29, 0.717) is 25.0 Å². The van der Waals surface area contributed by atoms with Crippen LogP contribution in [0.2, 0.25) is 0 Å². The normalized spacial score (nSPS) is 24.7. The molecule has 2 aliphatic rings. The van der Waals surface area contributed by atoms with E-state index in [-0.39, 0.29) is 24.3 Å². The average Bonchev–Trinajstić information content (AvgIpc) is 2.74. The number of nitrogens with one attached hydrogen (secondary N) is 2. The minimum absolute atomic E-state index is 0.178. The molecule has 0 bridgehead atoms. The Morgan fingerprint density at radius 2 is 1.06 bits per heavy atom. The quantitative estimate of drug-likeness (QED) is 0.230. The highest BCUT2D eigenvalue weighted by Crippen LogP contribution is 2.28. The molecule has 4 atom stereocenters. The first-order valence-electron chi connectivity index (χ1n) is 13.3. The highest BCUT2D eigenvalue weighted by atomic mass is 17.1. The van der Waals surface area contributed by atoms with E-state index < -0.39 is 11.2 Å². The molecule has 36 heavy (non-hydrogen) atoms. The molecule has 10 heteroatoms. The molecular formula is C26H50N2O8. The van der Waals surface area contributed by atoms with Gasteiger partial charge in [0.25, 0.3) is 0 Å². The van der Waals surface area contributed by atoms with Crippen LogP contribution in [0.25, 0.3) is 0 Å². The predicted molar refractivity (Wildman–Crippen MR) is 137 cm³/mol. The van der Waals surface area contributed by atoms with E-state index in [1.54, 1.807) is 0 Å². The van der Waals surface area contributed by atoms with Crippen LogP contribution in [-0.4, -0.2) is 59.2 Å². The number of carbonyl (C=O) groups excluding carboxylic acids is 2. The van der Waals surface area contributed by atoms with E-state index in [1.807, 2.05) is 41.5 Å². The lowest BCUT2D eigenvalue weighted by atomic mass is 9.84. The van der Waals surface area contributed by atoms with Crippen LogP contribution >= 0.6 is 0 Å². The van der Waals surface area contributed by atoms with E-state index in [9.17, 15) is 9.59 Å². The van der Waals surface area contributed by atoms with Crippen molar-refractivity contribution in [2.24, 2.45) is 11.8 Å². The SMILES string of the molecule is CC(C)(C)OC(=O)NC1CCCC(CCOO)C1.CC(C)(C)OC(=O)NC1CCCC(CCOO)C1. The molecule has 4 N–H and O–H groups in total. The second kappa shape index (κ2) is 16.3. The highest BCUT2D eigenvalue weighted by molar-refractivity contribution is 5.68. The van der Waals surface area contributed by atoms with Crippen LogP contribution < -0.4 is 10.6 Å². The Morgan fingerprint density at radius 1 is 0.694 bits per heavy atom. The molecule has 0 aromatic carbocycles. The monoisotopic (exact) mass is 518 g/mol. The third-order valence-corrected chi connectivity index (χ3v) is 6.24. The van der Waals surface area contributed by atoms with Crippen molar-refractivity contribution in [3.63, 3.8) is 0 Å². The molecule has 10 nitrogen and oxygen atoms in total. The van der Waals surface area contributed by atoms with E-state index in [1.165, 1.54) is 0 Å². The van der Waals surface area contributed by atoms with Crippen molar-refractivity contribution in [1.29, 1.82) is 0 Å². The third-order valence-electron chi connectivity index (χ3n) is 6.24. The zero-order chi connectivity index (χ0) is 27.2. The molecule has 0 aromatic heterocycles. The van der Waals surface area contributed by atoms with Gasteiger partial charge in [0.1, 0.15) is 11.2 Å². The summed E-state index contributed by atoms with van der Waals surface area (Å²) in [6, 6.07) is 0.356. The van der Waals surface area contributed by atoms with Gasteiger partial charge in [0.05, 0.1) is 13.2 Å². The summed E-state index contributed by atoms with van der Waals surface area (Å²) in [6.45, 7) is 11.9. The number of alkyl carbamates (subject to hydrolysis) is 2. The van der Waals surface area contributed by atoms with Gasteiger partial charge in [-0.15, -0.1) is 0 Å². The summed E-state index contributed by atoms with van der Waals surface area (Å²) in [4.78, 5) is 31.5. The van der Waals surface area contributed by atoms with Gasteiger partial charge in [-0.3, -0.25) is 10.5 Å². The fourth-order valence-electron chi connectivity index (χ4n) is 4.76. The number of hydrogen-bond donors (Lipinski definition) is 4. The van der Waals surface area contributed by atoms with Crippen molar-refractivity contribution >= 4 is 12.2 Å². The van der Waals surface area contributed by atoms with Crippen molar-refractivity contribution in [2.75, 3.05) is 13.2 Å². The summed E-state index contributed by atoms with van der Waals surface area (Å²) in [5, 5.41) is 22.5. The van der Waals surface area contributed by atoms with Crippen LogP contribution in [-0.2, 0) is 19.2 Å². The number of carbonyl (C=O) groups is 2. The summed E-state index contributed by atoms with van der Waals surface area (Å²) < 4.78 is 10.5. The number of rotatable bonds is 8. The second-order valence-corrected chi connectivity index (χ2v) is 12.0. The van der Waals surface area contributed by atoms with E-state index in [2.05, 4.69) is 20.4 Å². The lowest BCUT2D eigenvalue weighted by Crippen LogP contribution is -2.41. The van der Waals surface area contributed by atoms with Gasteiger partial charge < -0.3 is 20.1 Å². The molecule has 2 fully saturated rings.